The molecule has 0 aliphatic heterocycles. The highest BCUT2D eigenvalue weighted by Crippen LogP contribution is 2.23. The molecule has 0 spiro atoms. The molecule has 0 aliphatic carbocycles. The van der Waals surface area contributed by atoms with Gasteiger partial charge in [-0.25, -0.2) is 18.9 Å². The zero-order valence-electron chi connectivity index (χ0n) is 22.0. The maximum atomic E-state index is 13.1. The molecule has 3 aromatic carbocycles. The molecule has 11 nitrogen and oxygen atoms in total. The maximum Gasteiger partial charge on any atom is 0.407 e. The molecule has 12 heteroatoms. The molecule has 0 bridgehead atoms. The Morgan fingerprint density at radius 2 is 1.63 bits per heavy atom. The second kappa shape index (κ2) is 14.8. The normalized spacial score (nSPS) is 11.2. The summed E-state index contributed by atoms with van der Waals surface area (Å²) in [6, 6.07) is 20.6. The van der Waals surface area contributed by atoms with E-state index in [1.54, 1.807) is 24.3 Å². The summed E-state index contributed by atoms with van der Waals surface area (Å²) in [7, 11) is 0. The third-order valence-corrected chi connectivity index (χ3v) is 5.75. The zero-order valence-corrected chi connectivity index (χ0v) is 22.0. The summed E-state index contributed by atoms with van der Waals surface area (Å²) >= 11 is 0. The van der Waals surface area contributed by atoms with E-state index in [-0.39, 0.29) is 31.9 Å². The van der Waals surface area contributed by atoms with E-state index < -0.39 is 23.9 Å². The summed E-state index contributed by atoms with van der Waals surface area (Å²) < 4.78 is 25.3. The molecule has 3 N–H and O–H groups in total. The molecule has 0 saturated carbocycles. The smallest absolute Gasteiger partial charge is 0.407 e. The van der Waals surface area contributed by atoms with Gasteiger partial charge in [-0.05, 0) is 66.9 Å². The second-order valence-electron chi connectivity index (χ2n) is 8.91. The number of benzene rings is 3. The van der Waals surface area contributed by atoms with Crippen molar-refractivity contribution in [2.75, 3.05) is 11.9 Å². The number of anilines is 1. The van der Waals surface area contributed by atoms with E-state index >= 15 is 0 Å². The van der Waals surface area contributed by atoms with E-state index in [9.17, 15) is 18.8 Å². The molecule has 0 radical (unpaired) electrons. The molecule has 1 unspecified atom stereocenters. The highest BCUT2D eigenvalue weighted by molar-refractivity contribution is 5.97. The Hall–Kier alpha value is -5.26. The Morgan fingerprint density at radius 1 is 0.927 bits per heavy atom. The first-order valence-corrected chi connectivity index (χ1v) is 12.9. The minimum absolute atomic E-state index is 0.108. The Morgan fingerprint density at radius 3 is 2.32 bits per heavy atom. The average molecular weight is 561 g/mol. The summed E-state index contributed by atoms with van der Waals surface area (Å²) in [6.07, 6.45) is 2.78. The summed E-state index contributed by atoms with van der Waals surface area (Å²) in [4.78, 5) is 41.5. The van der Waals surface area contributed by atoms with Crippen LogP contribution in [0.5, 0.6) is 11.5 Å². The van der Waals surface area contributed by atoms with Gasteiger partial charge in [0, 0.05) is 12.2 Å². The summed E-state index contributed by atoms with van der Waals surface area (Å²) in [5.74, 6) is -0.254. The molecule has 41 heavy (non-hydrogen) atoms. The number of aromatic nitrogens is 3. The van der Waals surface area contributed by atoms with Crippen molar-refractivity contribution in [3.8, 4) is 11.5 Å². The van der Waals surface area contributed by atoms with Gasteiger partial charge >= 0.3 is 6.09 Å². The van der Waals surface area contributed by atoms with Crippen LogP contribution in [0.4, 0.5) is 14.9 Å². The van der Waals surface area contributed by atoms with Crippen LogP contribution in [0.3, 0.4) is 0 Å². The predicted octanol–water partition coefficient (Wildman–Crippen LogP) is 4.04. The van der Waals surface area contributed by atoms with Gasteiger partial charge in [0.15, 0.2) is 0 Å². The zero-order chi connectivity index (χ0) is 28.9. The van der Waals surface area contributed by atoms with Gasteiger partial charge in [-0.1, -0.05) is 30.3 Å². The number of hydrogen-bond donors (Lipinski definition) is 3. The number of hydrogen-bond acceptors (Lipinski definition) is 7. The Bertz CT molecular complexity index is 1400. The van der Waals surface area contributed by atoms with Crippen molar-refractivity contribution in [1.29, 1.82) is 0 Å². The van der Waals surface area contributed by atoms with Crippen LogP contribution in [0.15, 0.2) is 91.5 Å². The van der Waals surface area contributed by atoms with Crippen molar-refractivity contribution in [3.63, 3.8) is 0 Å². The van der Waals surface area contributed by atoms with E-state index in [2.05, 4.69) is 26.0 Å². The van der Waals surface area contributed by atoms with Crippen molar-refractivity contribution in [2.45, 2.75) is 32.0 Å². The molecule has 3 amide bonds. The number of carbonyl (C=O) groups excluding carboxylic acids is 3. The lowest BCUT2D eigenvalue weighted by atomic mass is 10.1. The van der Waals surface area contributed by atoms with Crippen LogP contribution in [0.25, 0.3) is 0 Å². The van der Waals surface area contributed by atoms with Gasteiger partial charge < -0.3 is 25.4 Å². The Kier molecular flexibility index (Phi) is 10.4. The minimum Gasteiger partial charge on any atom is -0.457 e. The molecule has 4 aromatic rings. The van der Waals surface area contributed by atoms with Crippen LogP contribution in [-0.4, -0.2) is 45.3 Å². The van der Waals surface area contributed by atoms with Crippen molar-refractivity contribution in [3.05, 3.63) is 103 Å². The van der Waals surface area contributed by atoms with Crippen molar-refractivity contribution in [1.82, 2.24) is 25.4 Å². The van der Waals surface area contributed by atoms with E-state index in [1.165, 1.54) is 41.6 Å². The molecule has 1 atom stereocenters. The van der Waals surface area contributed by atoms with Gasteiger partial charge in [-0.2, -0.15) is 5.10 Å². The number of alkyl carbamates (subject to hydrolysis) is 1. The molecule has 4 rings (SSSR count). The van der Waals surface area contributed by atoms with Gasteiger partial charge in [0.05, 0.1) is 0 Å². The summed E-state index contributed by atoms with van der Waals surface area (Å²) in [6.45, 7) is 0.277. The molecule has 212 valence electrons. The number of rotatable bonds is 13. The van der Waals surface area contributed by atoms with Crippen molar-refractivity contribution in [2.24, 2.45) is 0 Å². The Labute approximate surface area is 235 Å². The van der Waals surface area contributed by atoms with Gasteiger partial charge in [0.25, 0.3) is 0 Å². The maximum absolute atomic E-state index is 13.1. The second-order valence-corrected chi connectivity index (χ2v) is 8.91. The molecular formula is C29H29FN6O5. The largest absolute Gasteiger partial charge is 0.457 e. The fraction of sp³-hybridized carbons (Fsp3) is 0.207. The quantitative estimate of drug-likeness (QED) is 0.210. The lowest BCUT2D eigenvalue weighted by Crippen LogP contribution is -2.45. The lowest BCUT2D eigenvalue weighted by Gasteiger charge is -2.19. The molecular weight excluding hydrogens is 531 g/mol. The number of ether oxygens (including phenoxy) is 2. The summed E-state index contributed by atoms with van der Waals surface area (Å²) in [5.41, 5.74) is 1.35. The molecule has 0 saturated heterocycles. The predicted molar refractivity (Wildman–Crippen MR) is 147 cm³/mol. The van der Waals surface area contributed by atoms with Gasteiger partial charge in [-0.15, -0.1) is 0 Å². The lowest BCUT2D eigenvalue weighted by molar-refractivity contribution is -0.127. The first-order valence-electron chi connectivity index (χ1n) is 12.9. The number of nitrogens with zero attached hydrogens (tertiary/aromatic N) is 3. The molecule has 0 fully saturated rings. The van der Waals surface area contributed by atoms with Crippen LogP contribution < -0.4 is 20.7 Å². The minimum atomic E-state index is -0.886. The molecule has 1 aromatic heterocycles. The van der Waals surface area contributed by atoms with Gasteiger partial charge in [0.1, 0.15) is 49.2 Å². The number of nitrogens with one attached hydrogen (secondary N) is 3. The van der Waals surface area contributed by atoms with E-state index in [0.29, 0.717) is 23.6 Å². The third-order valence-electron chi connectivity index (χ3n) is 5.75. The number of carbonyl (C=O) groups is 3. The monoisotopic (exact) mass is 560 g/mol. The van der Waals surface area contributed by atoms with E-state index in [4.69, 9.17) is 9.47 Å². The number of halogens is 1. The molecule has 0 aliphatic rings. The van der Waals surface area contributed by atoms with Gasteiger partial charge in [-0.3, -0.25) is 9.59 Å². The van der Waals surface area contributed by atoms with E-state index in [0.717, 1.165) is 5.56 Å². The van der Waals surface area contributed by atoms with E-state index in [1.807, 2.05) is 30.3 Å². The molecule has 1 heterocycles. The van der Waals surface area contributed by atoms with Crippen LogP contribution in [-0.2, 0) is 27.5 Å². The third kappa shape index (κ3) is 9.77. The van der Waals surface area contributed by atoms with Crippen molar-refractivity contribution < 1.29 is 28.2 Å². The van der Waals surface area contributed by atoms with Gasteiger partial charge in [0.2, 0.25) is 11.8 Å². The topological polar surface area (TPSA) is 136 Å². The van der Waals surface area contributed by atoms with Crippen molar-refractivity contribution >= 4 is 23.6 Å². The summed E-state index contributed by atoms with van der Waals surface area (Å²) in [5, 5.41) is 12.1. The first kappa shape index (κ1) is 28.7. The fourth-order valence-corrected chi connectivity index (χ4v) is 3.72. The first-order chi connectivity index (χ1) is 19.9. The van der Waals surface area contributed by atoms with Crippen LogP contribution in [0.1, 0.15) is 18.4 Å². The van der Waals surface area contributed by atoms with Crippen LogP contribution in [0.2, 0.25) is 0 Å². The van der Waals surface area contributed by atoms with Crippen LogP contribution >= 0.6 is 0 Å². The standard InChI is InChI=1S/C29H29FN6O5/c30-22-8-12-24(13-9-22)41-25-14-10-23(11-15-25)34-28(38)26(35-27(37)17-36-20-31-19-33-36)7-4-16-32-29(39)40-18-21-5-2-1-3-6-21/h1-3,5-6,8-15,19-20,26H,4,7,16-18H2,(H,32,39)(H,34,38)(H,35,37). The number of amides is 3. The Balaban J connectivity index is 1.29. The van der Waals surface area contributed by atoms with Crippen LogP contribution in [0, 0.1) is 5.82 Å². The fourth-order valence-electron chi connectivity index (χ4n) is 3.72. The SMILES string of the molecule is O=C(Cn1cncn1)NC(CCCNC(=O)OCc1ccccc1)C(=O)Nc1ccc(Oc2ccc(F)cc2)cc1. The highest BCUT2D eigenvalue weighted by Gasteiger charge is 2.21. The average Bonchev–Trinajstić information content (AvgIpc) is 3.49. The highest BCUT2D eigenvalue weighted by atomic mass is 19.1.